The summed E-state index contributed by atoms with van der Waals surface area (Å²) in [6.45, 7) is 6.94. The van der Waals surface area contributed by atoms with Gasteiger partial charge in [-0.3, -0.25) is 0 Å². The SMILES string of the molecule is CCCCCCC(CC(CC)CCCC)NC. The molecule has 2 atom stereocenters. The zero-order valence-electron chi connectivity index (χ0n) is 12.7. The molecule has 0 aromatic carbocycles. The summed E-state index contributed by atoms with van der Waals surface area (Å²) in [6, 6.07) is 0.758. The van der Waals surface area contributed by atoms with Crippen molar-refractivity contribution in [2.45, 2.75) is 91.0 Å². The van der Waals surface area contributed by atoms with Gasteiger partial charge in [-0.15, -0.1) is 0 Å². The van der Waals surface area contributed by atoms with Crippen molar-refractivity contribution in [1.29, 1.82) is 0 Å². The molecule has 0 aliphatic rings. The second kappa shape index (κ2) is 12.4. The lowest BCUT2D eigenvalue weighted by molar-refractivity contribution is 0.342. The summed E-state index contributed by atoms with van der Waals surface area (Å²) in [5.41, 5.74) is 0. The van der Waals surface area contributed by atoms with Crippen molar-refractivity contribution in [3.8, 4) is 0 Å². The van der Waals surface area contributed by atoms with Gasteiger partial charge >= 0.3 is 0 Å². The first kappa shape index (κ1) is 17.0. The molecule has 0 aromatic heterocycles. The quantitative estimate of drug-likeness (QED) is 0.466. The minimum atomic E-state index is 0.758. The number of nitrogens with one attached hydrogen (secondary N) is 1. The first-order valence-corrected chi connectivity index (χ1v) is 7.95. The standard InChI is InChI=1S/C16H35N/c1-5-8-10-11-13-16(17-4)14-15(7-3)12-9-6-2/h15-17H,5-14H2,1-4H3. The molecule has 0 radical (unpaired) electrons. The highest BCUT2D eigenvalue weighted by Gasteiger charge is 2.13. The first-order valence-electron chi connectivity index (χ1n) is 7.95. The molecule has 0 saturated carbocycles. The maximum absolute atomic E-state index is 3.52. The van der Waals surface area contributed by atoms with Crippen LogP contribution in [0.2, 0.25) is 0 Å². The van der Waals surface area contributed by atoms with E-state index < -0.39 is 0 Å². The van der Waals surface area contributed by atoms with Crippen LogP contribution in [-0.4, -0.2) is 13.1 Å². The van der Waals surface area contributed by atoms with Crippen LogP contribution in [-0.2, 0) is 0 Å². The molecular weight excluding hydrogens is 206 g/mol. The lowest BCUT2D eigenvalue weighted by Gasteiger charge is -2.22. The summed E-state index contributed by atoms with van der Waals surface area (Å²) in [4.78, 5) is 0. The average molecular weight is 241 g/mol. The van der Waals surface area contributed by atoms with Gasteiger partial charge < -0.3 is 5.32 Å². The van der Waals surface area contributed by atoms with Crippen molar-refractivity contribution < 1.29 is 0 Å². The molecule has 0 rings (SSSR count). The Hall–Kier alpha value is -0.0400. The summed E-state index contributed by atoms with van der Waals surface area (Å²) in [7, 11) is 2.14. The van der Waals surface area contributed by atoms with E-state index in [0.29, 0.717) is 0 Å². The van der Waals surface area contributed by atoms with Crippen LogP contribution in [0.5, 0.6) is 0 Å². The predicted molar refractivity (Wildman–Crippen MR) is 79.5 cm³/mol. The molecule has 1 heteroatoms. The molecule has 1 nitrogen and oxygen atoms in total. The second-order valence-electron chi connectivity index (χ2n) is 5.49. The molecule has 1 N–H and O–H groups in total. The monoisotopic (exact) mass is 241 g/mol. The fraction of sp³-hybridized carbons (Fsp3) is 1.00. The summed E-state index contributed by atoms with van der Waals surface area (Å²) in [5, 5.41) is 3.52. The highest BCUT2D eigenvalue weighted by molar-refractivity contribution is 4.70. The van der Waals surface area contributed by atoms with Crippen molar-refractivity contribution in [2.24, 2.45) is 5.92 Å². The Kier molecular flexibility index (Phi) is 12.4. The van der Waals surface area contributed by atoms with E-state index >= 15 is 0 Å². The third-order valence-corrected chi connectivity index (χ3v) is 3.98. The second-order valence-corrected chi connectivity index (χ2v) is 5.49. The van der Waals surface area contributed by atoms with Crippen molar-refractivity contribution >= 4 is 0 Å². The fourth-order valence-corrected chi connectivity index (χ4v) is 2.58. The average Bonchev–Trinajstić information content (AvgIpc) is 2.37. The lowest BCUT2D eigenvalue weighted by Crippen LogP contribution is -2.27. The number of rotatable bonds is 12. The zero-order chi connectivity index (χ0) is 12.9. The van der Waals surface area contributed by atoms with Crippen molar-refractivity contribution in [1.82, 2.24) is 5.32 Å². The topological polar surface area (TPSA) is 12.0 Å². The first-order chi connectivity index (χ1) is 8.28. The Balaban J connectivity index is 3.74. The van der Waals surface area contributed by atoms with E-state index in [1.165, 1.54) is 64.2 Å². The van der Waals surface area contributed by atoms with E-state index in [-0.39, 0.29) is 0 Å². The lowest BCUT2D eigenvalue weighted by atomic mass is 9.90. The molecule has 0 spiro atoms. The third-order valence-electron chi connectivity index (χ3n) is 3.98. The molecular formula is C16H35N. The summed E-state index contributed by atoms with van der Waals surface area (Å²) in [5.74, 6) is 0.943. The normalized spacial score (nSPS) is 14.8. The molecule has 104 valence electrons. The van der Waals surface area contributed by atoms with Gasteiger partial charge in [0.05, 0.1) is 0 Å². The Labute approximate surface area is 110 Å². The van der Waals surface area contributed by atoms with Gasteiger partial charge in [0.2, 0.25) is 0 Å². The van der Waals surface area contributed by atoms with E-state index in [1.54, 1.807) is 0 Å². The van der Waals surface area contributed by atoms with Gasteiger partial charge in [-0.1, -0.05) is 72.1 Å². The van der Waals surface area contributed by atoms with Gasteiger partial charge in [0.1, 0.15) is 0 Å². The maximum Gasteiger partial charge on any atom is 0.00667 e. The van der Waals surface area contributed by atoms with Gasteiger partial charge in [-0.05, 0) is 25.8 Å². The molecule has 0 aromatic rings. The van der Waals surface area contributed by atoms with Gasteiger partial charge in [0.25, 0.3) is 0 Å². The van der Waals surface area contributed by atoms with E-state index in [2.05, 4.69) is 33.1 Å². The highest BCUT2D eigenvalue weighted by Crippen LogP contribution is 2.20. The van der Waals surface area contributed by atoms with Crippen LogP contribution in [0.25, 0.3) is 0 Å². The maximum atomic E-state index is 3.52. The molecule has 0 fully saturated rings. The Bertz CT molecular complexity index is 144. The summed E-state index contributed by atoms with van der Waals surface area (Å²) < 4.78 is 0. The Morgan fingerprint density at radius 2 is 1.53 bits per heavy atom. The van der Waals surface area contributed by atoms with Crippen LogP contribution in [0, 0.1) is 5.92 Å². The molecule has 0 amide bonds. The van der Waals surface area contributed by atoms with Gasteiger partial charge in [-0.2, -0.15) is 0 Å². The molecule has 0 aliphatic heterocycles. The minimum Gasteiger partial charge on any atom is -0.317 e. The van der Waals surface area contributed by atoms with Crippen molar-refractivity contribution in [3.63, 3.8) is 0 Å². The highest BCUT2D eigenvalue weighted by atomic mass is 14.9. The van der Waals surface area contributed by atoms with Crippen molar-refractivity contribution in [3.05, 3.63) is 0 Å². The third kappa shape index (κ3) is 9.64. The van der Waals surface area contributed by atoms with E-state index in [9.17, 15) is 0 Å². The molecule has 0 bridgehead atoms. The number of hydrogen-bond acceptors (Lipinski definition) is 1. The van der Waals surface area contributed by atoms with Gasteiger partial charge in [0, 0.05) is 6.04 Å². The van der Waals surface area contributed by atoms with Crippen molar-refractivity contribution in [2.75, 3.05) is 7.05 Å². The number of unbranched alkanes of at least 4 members (excludes halogenated alkanes) is 4. The van der Waals surface area contributed by atoms with Crippen LogP contribution in [0.15, 0.2) is 0 Å². The van der Waals surface area contributed by atoms with Crippen LogP contribution in [0.4, 0.5) is 0 Å². The summed E-state index contributed by atoms with van der Waals surface area (Å²) in [6.07, 6.45) is 13.9. The van der Waals surface area contributed by atoms with Gasteiger partial charge in [0.15, 0.2) is 0 Å². The predicted octanol–water partition coefficient (Wildman–Crippen LogP) is 5.15. The smallest absolute Gasteiger partial charge is 0.00667 e. The number of hydrogen-bond donors (Lipinski definition) is 1. The molecule has 0 saturated heterocycles. The molecule has 0 aliphatic carbocycles. The van der Waals surface area contributed by atoms with Crippen LogP contribution < -0.4 is 5.32 Å². The minimum absolute atomic E-state index is 0.758. The summed E-state index contributed by atoms with van der Waals surface area (Å²) >= 11 is 0. The molecule has 17 heavy (non-hydrogen) atoms. The zero-order valence-corrected chi connectivity index (χ0v) is 12.7. The Morgan fingerprint density at radius 3 is 2.06 bits per heavy atom. The van der Waals surface area contributed by atoms with Crippen LogP contribution in [0.3, 0.4) is 0 Å². The fourth-order valence-electron chi connectivity index (χ4n) is 2.58. The molecule has 2 unspecified atom stereocenters. The van der Waals surface area contributed by atoms with E-state index in [1.807, 2.05) is 0 Å². The van der Waals surface area contributed by atoms with E-state index in [4.69, 9.17) is 0 Å². The van der Waals surface area contributed by atoms with Crippen LogP contribution in [0.1, 0.15) is 85.0 Å². The Morgan fingerprint density at radius 1 is 0.824 bits per heavy atom. The largest absolute Gasteiger partial charge is 0.317 e. The van der Waals surface area contributed by atoms with E-state index in [0.717, 1.165) is 12.0 Å². The van der Waals surface area contributed by atoms with Crippen LogP contribution >= 0.6 is 0 Å². The van der Waals surface area contributed by atoms with Gasteiger partial charge in [-0.25, -0.2) is 0 Å². The molecule has 0 heterocycles.